The summed E-state index contributed by atoms with van der Waals surface area (Å²) >= 11 is 0. The quantitative estimate of drug-likeness (QED) is 0.737. The van der Waals surface area contributed by atoms with Crippen LogP contribution in [0.2, 0.25) is 0 Å². The molecule has 6 heteroatoms. The lowest BCUT2D eigenvalue weighted by Gasteiger charge is -2.27. The van der Waals surface area contributed by atoms with Crippen molar-refractivity contribution in [2.24, 2.45) is 0 Å². The van der Waals surface area contributed by atoms with Crippen LogP contribution in [0.5, 0.6) is 0 Å². The molecule has 3 heterocycles. The van der Waals surface area contributed by atoms with Crippen molar-refractivity contribution >= 4 is 23.1 Å². The van der Waals surface area contributed by atoms with E-state index in [1.165, 1.54) is 6.33 Å². The van der Waals surface area contributed by atoms with Gasteiger partial charge in [-0.15, -0.1) is 0 Å². The molecule has 82 valence electrons. The van der Waals surface area contributed by atoms with E-state index < -0.39 is 0 Å². The molecule has 0 radical (unpaired) electrons. The van der Waals surface area contributed by atoms with E-state index in [4.69, 9.17) is 4.74 Å². The lowest BCUT2D eigenvalue weighted by Crippen LogP contribution is -2.40. The van der Waals surface area contributed by atoms with Crippen molar-refractivity contribution in [3.05, 3.63) is 18.1 Å². The van der Waals surface area contributed by atoms with Crippen molar-refractivity contribution in [2.45, 2.75) is 6.04 Å². The van der Waals surface area contributed by atoms with Crippen LogP contribution < -0.4 is 5.32 Å². The van der Waals surface area contributed by atoms with Crippen molar-refractivity contribution in [1.29, 1.82) is 0 Å². The number of hydrogen-bond acceptors (Lipinski definition) is 5. The normalized spacial score (nSPS) is 16.0. The molecule has 0 aromatic carbocycles. The fraction of sp³-hybridized carbons (Fsp3) is 0.300. The van der Waals surface area contributed by atoms with Crippen molar-refractivity contribution in [3.8, 4) is 0 Å². The van der Waals surface area contributed by atoms with Gasteiger partial charge in [0.2, 0.25) is 0 Å². The third-order valence-electron chi connectivity index (χ3n) is 2.61. The van der Waals surface area contributed by atoms with Crippen LogP contribution in [0.4, 0.5) is 5.82 Å². The summed E-state index contributed by atoms with van der Waals surface area (Å²) in [6.07, 6.45) is 3.90. The van der Waals surface area contributed by atoms with Gasteiger partial charge < -0.3 is 15.0 Å². The van der Waals surface area contributed by atoms with E-state index in [1.54, 1.807) is 6.20 Å². The molecule has 0 atom stereocenters. The number of H-pyrrole nitrogens is 1. The largest absolute Gasteiger partial charge is 0.377 e. The number of nitrogens with one attached hydrogen (secondary N) is 2. The highest BCUT2D eigenvalue weighted by Crippen LogP contribution is 2.23. The molecule has 0 saturated carbocycles. The molecule has 0 amide bonds. The van der Waals surface area contributed by atoms with Gasteiger partial charge in [-0.1, -0.05) is 0 Å². The Morgan fingerprint density at radius 1 is 1.50 bits per heavy atom. The molecule has 16 heavy (non-hydrogen) atoms. The second-order valence-electron chi connectivity index (χ2n) is 3.69. The fourth-order valence-corrected chi connectivity index (χ4v) is 1.70. The molecule has 0 bridgehead atoms. The molecule has 2 aromatic rings. The Morgan fingerprint density at radius 3 is 3.06 bits per heavy atom. The van der Waals surface area contributed by atoms with Gasteiger partial charge in [0.1, 0.15) is 17.8 Å². The van der Waals surface area contributed by atoms with Crippen LogP contribution in [-0.4, -0.2) is 40.5 Å². The Bertz CT molecular complexity index is 533. The minimum atomic E-state index is 0.271. The Kier molecular flexibility index (Phi) is 2.07. The number of ether oxygens (including phenoxy) is 1. The Labute approximate surface area is 91.0 Å². The summed E-state index contributed by atoms with van der Waals surface area (Å²) in [4.78, 5) is 22.0. The summed E-state index contributed by atoms with van der Waals surface area (Å²) in [5, 5.41) is 3.97. The maximum Gasteiger partial charge on any atom is 0.152 e. The van der Waals surface area contributed by atoms with E-state index >= 15 is 0 Å². The first-order valence-corrected chi connectivity index (χ1v) is 5.00. The second kappa shape index (κ2) is 3.57. The maximum atomic E-state index is 10.9. The Morgan fingerprint density at radius 2 is 2.38 bits per heavy atom. The smallest absolute Gasteiger partial charge is 0.152 e. The summed E-state index contributed by atoms with van der Waals surface area (Å²) < 4.78 is 5.07. The molecular formula is C10H10N4O2. The molecule has 0 spiro atoms. The average Bonchev–Trinajstić information content (AvgIpc) is 2.67. The predicted octanol–water partition coefficient (Wildman–Crippen LogP) is 0.581. The van der Waals surface area contributed by atoms with E-state index in [0.717, 1.165) is 11.7 Å². The molecule has 3 rings (SSSR count). The van der Waals surface area contributed by atoms with Crippen LogP contribution in [0.15, 0.2) is 12.5 Å². The summed E-state index contributed by atoms with van der Waals surface area (Å²) in [7, 11) is 0. The minimum Gasteiger partial charge on any atom is -0.377 e. The number of nitrogens with zero attached hydrogens (tertiary/aromatic N) is 2. The number of anilines is 1. The summed E-state index contributed by atoms with van der Waals surface area (Å²) in [5.41, 5.74) is 1.23. The number of aromatic nitrogens is 3. The first-order chi connectivity index (χ1) is 7.88. The number of hydrogen-bond donors (Lipinski definition) is 2. The van der Waals surface area contributed by atoms with Crippen molar-refractivity contribution in [1.82, 2.24) is 15.0 Å². The van der Waals surface area contributed by atoms with Crippen molar-refractivity contribution < 1.29 is 9.53 Å². The van der Waals surface area contributed by atoms with E-state index in [-0.39, 0.29) is 6.04 Å². The monoisotopic (exact) mass is 218 g/mol. The molecule has 6 nitrogen and oxygen atoms in total. The molecule has 1 aliphatic rings. The lowest BCUT2D eigenvalue weighted by molar-refractivity contribution is 0.0210. The van der Waals surface area contributed by atoms with Crippen molar-refractivity contribution in [2.75, 3.05) is 18.5 Å². The maximum absolute atomic E-state index is 10.9. The van der Waals surface area contributed by atoms with E-state index in [2.05, 4.69) is 20.3 Å². The molecule has 1 fully saturated rings. The van der Waals surface area contributed by atoms with Gasteiger partial charge in [-0.25, -0.2) is 9.97 Å². The number of aromatic amines is 1. The second-order valence-corrected chi connectivity index (χ2v) is 3.69. The van der Waals surface area contributed by atoms with E-state index in [1.807, 2.05) is 0 Å². The molecular weight excluding hydrogens is 208 g/mol. The van der Waals surface area contributed by atoms with Crippen LogP contribution in [0.3, 0.4) is 0 Å². The standard InChI is InChI=1S/C10H10N4O2/c15-2-6-1-11-9-8(6)10(13-5-12-9)14-7-3-16-4-7/h1-2,5,7H,3-4H2,(H2,11,12,13,14). The zero-order valence-electron chi connectivity index (χ0n) is 8.43. The third kappa shape index (κ3) is 1.35. The number of fused-ring (bicyclic) bond motifs is 1. The Balaban J connectivity index is 2.06. The topological polar surface area (TPSA) is 79.9 Å². The number of carbonyl (C=O) groups excluding carboxylic acids is 1. The molecule has 2 N–H and O–H groups in total. The molecule has 0 aliphatic carbocycles. The number of aldehydes is 1. The lowest BCUT2D eigenvalue weighted by atomic mass is 10.2. The molecule has 0 unspecified atom stereocenters. The van der Waals surface area contributed by atoms with Gasteiger partial charge in [-0.2, -0.15) is 0 Å². The van der Waals surface area contributed by atoms with Gasteiger partial charge in [0.25, 0.3) is 0 Å². The molecule has 1 saturated heterocycles. The number of rotatable bonds is 3. The highest BCUT2D eigenvalue weighted by molar-refractivity contribution is 6.01. The van der Waals surface area contributed by atoms with Crippen LogP contribution >= 0.6 is 0 Å². The van der Waals surface area contributed by atoms with Gasteiger partial charge in [0.15, 0.2) is 6.29 Å². The summed E-state index contributed by atoms with van der Waals surface area (Å²) in [5.74, 6) is 0.682. The van der Waals surface area contributed by atoms with E-state index in [0.29, 0.717) is 30.2 Å². The van der Waals surface area contributed by atoms with Gasteiger partial charge >= 0.3 is 0 Å². The van der Waals surface area contributed by atoms with Crippen LogP contribution in [0.25, 0.3) is 11.0 Å². The summed E-state index contributed by atoms with van der Waals surface area (Å²) in [6, 6.07) is 0.271. The highest BCUT2D eigenvalue weighted by atomic mass is 16.5. The minimum absolute atomic E-state index is 0.271. The SMILES string of the molecule is O=Cc1c[nH]c2ncnc(NC3COC3)c12. The third-order valence-corrected chi connectivity index (χ3v) is 2.61. The average molecular weight is 218 g/mol. The molecule has 2 aromatic heterocycles. The van der Waals surface area contributed by atoms with Crippen LogP contribution in [0.1, 0.15) is 10.4 Å². The number of carbonyl (C=O) groups is 1. The van der Waals surface area contributed by atoms with Gasteiger partial charge in [0, 0.05) is 11.8 Å². The van der Waals surface area contributed by atoms with Crippen LogP contribution in [0, 0.1) is 0 Å². The van der Waals surface area contributed by atoms with Crippen molar-refractivity contribution in [3.63, 3.8) is 0 Å². The van der Waals surface area contributed by atoms with Crippen LogP contribution in [-0.2, 0) is 4.74 Å². The molecule has 1 aliphatic heterocycles. The zero-order valence-corrected chi connectivity index (χ0v) is 8.43. The summed E-state index contributed by atoms with van der Waals surface area (Å²) in [6.45, 7) is 1.35. The Hall–Kier alpha value is -1.95. The zero-order chi connectivity index (χ0) is 11.0. The first-order valence-electron chi connectivity index (χ1n) is 5.00. The first kappa shape index (κ1) is 9.29. The predicted molar refractivity (Wildman–Crippen MR) is 57.5 cm³/mol. The highest BCUT2D eigenvalue weighted by Gasteiger charge is 2.20. The van der Waals surface area contributed by atoms with E-state index in [9.17, 15) is 4.79 Å². The van der Waals surface area contributed by atoms with Gasteiger partial charge in [-0.3, -0.25) is 4.79 Å². The van der Waals surface area contributed by atoms with Gasteiger partial charge in [0.05, 0.1) is 24.6 Å². The van der Waals surface area contributed by atoms with Gasteiger partial charge in [-0.05, 0) is 0 Å². The fourth-order valence-electron chi connectivity index (χ4n) is 1.70.